The van der Waals surface area contributed by atoms with Gasteiger partial charge in [0.25, 0.3) is 10.0 Å². The zero-order valence-corrected chi connectivity index (χ0v) is 47.1. The number of halogens is 12. The molecule has 8 rings (SSSR count). The number of sulfonamides is 2. The molecule has 0 radical (unpaired) electrons. The number of rotatable bonds is 17. The molecule has 13 nitrogen and oxygen atoms in total. The van der Waals surface area contributed by atoms with Crippen LogP contribution in [0.2, 0.25) is 0 Å². The molecule has 0 aliphatic carbocycles. The van der Waals surface area contributed by atoms with Gasteiger partial charge in [0.05, 0.1) is 66.4 Å². The Morgan fingerprint density at radius 2 is 1.08 bits per heavy atom. The molecule has 2 amide bonds. The second-order valence-electron chi connectivity index (χ2n) is 18.7. The van der Waals surface area contributed by atoms with Gasteiger partial charge in [0, 0.05) is 68.8 Å². The van der Waals surface area contributed by atoms with Crippen molar-refractivity contribution < 1.29 is 93.3 Å². The van der Waals surface area contributed by atoms with Gasteiger partial charge in [-0.3, -0.25) is 19.0 Å². The van der Waals surface area contributed by atoms with E-state index in [0.29, 0.717) is 23.8 Å². The van der Waals surface area contributed by atoms with Crippen LogP contribution in [0.25, 0.3) is 12.2 Å². The van der Waals surface area contributed by atoms with Crippen LogP contribution in [0.3, 0.4) is 0 Å². The third kappa shape index (κ3) is 16.4. The molecule has 2 fully saturated rings. The van der Waals surface area contributed by atoms with E-state index >= 15 is 0 Å². The van der Waals surface area contributed by atoms with Gasteiger partial charge in [-0.05, 0) is 95.1 Å². The summed E-state index contributed by atoms with van der Waals surface area (Å²) >= 11 is 0.566. The van der Waals surface area contributed by atoms with Crippen molar-refractivity contribution in [1.82, 2.24) is 9.80 Å². The van der Waals surface area contributed by atoms with Gasteiger partial charge in [-0.25, -0.2) is 16.8 Å². The molecule has 6 aromatic carbocycles. The standard InChI is InChI=1S/C56H46F12N4O9S4/c1-79-40-10-5-13-43(31-40)85(77,78)70-39-9-4-12-42(30-39)83-46-19-15-36(50(54(60,61)62)52(46)56(66,67)68)17-21-48(74)72-24-27-81-44(32-72)37-7-2-6-34(28-37)33-84(75,76)69-38-8-3-11-41(29-38)82-45-18-14-35(16-20-47(73)71-22-25-80-26-23-71)49(53(57,58)59)51(45)55(63,64)65/h2-21,28-31,44,69-70H,22-27,32-33H2,1H3/b20-16+,21-17+. The Labute approximate surface area is 487 Å². The molecule has 1 unspecified atom stereocenters. The van der Waals surface area contributed by atoms with Crippen molar-refractivity contribution in [1.29, 1.82) is 0 Å². The van der Waals surface area contributed by atoms with Crippen LogP contribution in [0.4, 0.5) is 64.1 Å². The Kier molecular flexibility index (Phi) is 19.4. The third-order valence-corrected chi connectivity index (χ3v) is 17.5. The summed E-state index contributed by atoms with van der Waals surface area (Å²) in [7, 11) is -7.30. The lowest BCUT2D eigenvalue weighted by molar-refractivity contribution is -0.163. The summed E-state index contributed by atoms with van der Waals surface area (Å²) in [5.41, 5.74) is -9.93. The van der Waals surface area contributed by atoms with E-state index in [0.717, 1.165) is 47.4 Å². The quantitative estimate of drug-likeness (QED) is 0.0661. The first-order chi connectivity index (χ1) is 39.9. The number of carbonyl (C=O) groups excluding carboxylic acids is 2. The minimum absolute atomic E-state index is 0.0656. The van der Waals surface area contributed by atoms with Crippen LogP contribution in [0.5, 0.6) is 5.75 Å². The van der Waals surface area contributed by atoms with E-state index < -0.39 is 112 Å². The zero-order chi connectivity index (χ0) is 61.7. The minimum Gasteiger partial charge on any atom is -0.497 e. The number of amides is 2. The highest BCUT2D eigenvalue weighted by molar-refractivity contribution is 7.99. The Hall–Kier alpha value is -7.18. The van der Waals surface area contributed by atoms with E-state index in [1.807, 2.05) is 0 Å². The number of nitrogens with zero attached hydrogens (tertiary/aromatic N) is 2. The fourth-order valence-electron chi connectivity index (χ4n) is 8.99. The van der Waals surface area contributed by atoms with Gasteiger partial charge in [0.2, 0.25) is 21.8 Å². The van der Waals surface area contributed by atoms with E-state index in [9.17, 15) is 79.1 Å². The summed E-state index contributed by atoms with van der Waals surface area (Å²) in [5.74, 6) is -2.15. The van der Waals surface area contributed by atoms with Crippen molar-refractivity contribution in [3.05, 3.63) is 178 Å². The summed E-state index contributed by atoms with van der Waals surface area (Å²) in [4.78, 5) is 26.5. The molecule has 0 aromatic heterocycles. The van der Waals surface area contributed by atoms with Gasteiger partial charge < -0.3 is 24.0 Å². The molecule has 85 heavy (non-hydrogen) atoms. The first kappa shape index (κ1) is 63.8. The minimum atomic E-state index is -5.61. The Morgan fingerprint density at radius 3 is 1.61 bits per heavy atom. The fourth-order valence-corrected chi connectivity index (χ4v) is 13.3. The normalized spacial score (nSPS) is 15.8. The van der Waals surface area contributed by atoms with E-state index in [2.05, 4.69) is 9.44 Å². The van der Waals surface area contributed by atoms with Gasteiger partial charge in [-0.2, -0.15) is 52.7 Å². The maximum atomic E-state index is 14.8. The predicted molar refractivity (Wildman–Crippen MR) is 291 cm³/mol. The van der Waals surface area contributed by atoms with Crippen molar-refractivity contribution in [2.75, 3.05) is 62.6 Å². The van der Waals surface area contributed by atoms with E-state index in [1.165, 1.54) is 96.9 Å². The molecule has 29 heteroatoms. The monoisotopic (exact) mass is 1270 g/mol. The number of hydrogen-bond acceptors (Lipinski definition) is 11. The van der Waals surface area contributed by atoms with E-state index in [4.69, 9.17) is 14.2 Å². The lowest BCUT2D eigenvalue weighted by Crippen LogP contribution is -2.41. The third-order valence-electron chi connectivity index (χ3n) is 12.7. The zero-order valence-electron chi connectivity index (χ0n) is 43.8. The molecule has 2 saturated heterocycles. The van der Waals surface area contributed by atoms with Crippen LogP contribution in [0.1, 0.15) is 50.6 Å². The van der Waals surface area contributed by atoms with Crippen molar-refractivity contribution in [3.63, 3.8) is 0 Å². The number of nitrogens with one attached hydrogen (secondary N) is 2. The van der Waals surface area contributed by atoms with Crippen molar-refractivity contribution in [3.8, 4) is 5.75 Å². The molecule has 0 saturated carbocycles. The maximum Gasteiger partial charge on any atom is 0.418 e. The van der Waals surface area contributed by atoms with Gasteiger partial charge in [-0.1, -0.05) is 78.1 Å². The van der Waals surface area contributed by atoms with E-state index in [1.54, 1.807) is 0 Å². The molecular weight excluding hydrogens is 1230 g/mol. The highest BCUT2D eigenvalue weighted by atomic mass is 32.2. The molecule has 6 aromatic rings. The average Bonchev–Trinajstić information content (AvgIpc) is 1.42. The maximum absolute atomic E-state index is 14.8. The predicted octanol–water partition coefficient (Wildman–Crippen LogP) is 13.3. The summed E-state index contributed by atoms with van der Waals surface area (Å²) in [6.07, 6.45) is -20.6. The SMILES string of the molecule is COc1cccc(S(=O)(=O)Nc2cccc(Sc3ccc(/C=C/C(=O)N4CCOC(c5cccc(CS(=O)(=O)Nc6cccc(Sc7ccc(/C=C/C(=O)N8CCOCC8)c(C(F)(F)F)c7C(F)(F)F)c6)c5)C4)c(C(F)(F)F)c3C(F)(F)F)c2)c1. The lowest BCUT2D eigenvalue weighted by atomic mass is 9.99. The van der Waals surface area contributed by atoms with Crippen molar-refractivity contribution >= 4 is 78.9 Å². The Morgan fingerprint density at radius 1 is 0.588 bits per heavy atom. The van der Waals surface area contributed by atoms with Gasteiger partial charge >= 0.3 is 24.7 Å². The van der Waals surface area contributed by atoms with Gasteiger partial charge in [-0.15, -0.1) is 0 Å². The smallest absolute Gasteiger partial charge is 0.418 e. The molecule has 0 bridgehead atoms. The van der Waals surface area contributed by atoms with Crippen molar-refractivity contribution in [2.24, 2.45) is 0 Å². The van der Waals surface area contributed by atoms with Gasteiger partial charge in [0.15, 0.2) is 0 Å². The highest BCUT2D eigenvalue weighted by Crippen LogP contribution is 2.50. The first-order valence-corrected chi connectivity index (χ1v) is 29.7. The molecular formula is C56H46F12N4O9S4. The number of morpholine rings is 2. The van der Waals surface area contributed by atoms with Crippen LogP contribution in [-0.2, 0) is 69.6 Å². The Balaban J connectivity index is 0.945. The molecule has 2 heterocycles. The number of anilines is 2. The number of methoxy groups -OCH3 is 1. The summed E-state index contributed by atoms with van der Waals surface area (Å²) in [5, 5.41) is 0. The average molecular weight is 1280 g/mol. The highest BCUT2D eigenvalue weighted by Gasteiger charge is 2.48. The number of carbonyl (C=O) groups is 2. The molecule has 1 atom stereocenters. The summed E-state index contributed by atoms with van der Waals surface area (Å²) in [6, 6.07) is 24.2. The second-order valence-corrected chi connectivity index (χ2v) is 24.3. The first-order valence-electron chi connectivity index (χ1n) is 25.0. The molecule has 2 aliphatic heterocycles. The van der Waals surface area contributed by atoms with Crippen LogP contribution >= 0.6 is 23.5 Å². The molecule has 2 aliphatic rings. The van der Waals surface area contributed by atoms with Crippen LogP contribution in [0, 0.1) is 0 Å². The number of hydrogen-bond donors (Lipinski definition) is 2. The second kappa shape index (κ2) is 25.8. The van der Waals surface area contributed by atoms with Gasteiger partial charge in [0.1, 0.15) is 11.9 Å². The molecule has 2 N–H and O–H groups in total. The van der Waals surface area contributed by atoms with Crippen molar-refractivity contribution in [2.45, 2.75) is 61.0 Å². The number of ether oxygens (including phenoxy) is 3. The lowest BCUT2D eigenvalue weighted by Gasteiger charge is -2.32. The number of benzene rings is 6. The summed E-state index contributed by atoms with van der Waals surface area (Å²) < 4.78 is 250. The summed E-state index contributed by atoms with van der Waals surface area (Å²) in [6.45, 7) is 0.111. The Bertz CT molecular complexity index is 3760. The van der Waals surface area contributed by atoms with Crippen LogP contribution in [0.15, 0.2) is 158 Å². The van der Waals surface area contributed by atoms with E-state index in [-0.39, 0.29) is 107 Å². The molecule has 452 valence electrons. The van der Waals surface area contributed by atoms with Crippen LogP contribution < -0.4 is 14.2 Å². The number of alkyl halides is 12. The largest absolute Gasteiger partial charge is 0.497 e. The topological polar surface area (TPSA) is 161 Å². The fraction of sp³-hybridized carbons (Fsp3) is 0.250. The molecule has 0 spiro atoms. The van der Waals surface area contributed by atoms with Crippen LogP contribution in [-0.4, -0.2) is 91.6 Å².